The molecule has 2 heterocycles. The van der Waals surface area contributed by atoms with E-state index < -0.39 is 0 Å². The molecule has 0 fully saturated rings. The van der Waals surface area contributed by atoms with Gasteiger partial charge in [0.1, 0.15) is 16.3 Å². The van der Waals surface area contributed by atoms with Crippen LogP contribution in [0.25, 0.3) is 11.0 Å². The summed E-state index contributed by atoms with van der Waals surface area (Å²) >= 11 is 6.82. The van der Waals surface area contributed by atoms with Crippen LogP contribution >= 0.6 is 23.6 Å². The van der Waals surface area contributed by atoms with Crippen molar-refractivity contribution in [2.24, 2.45) is 0 Å². The fraction of sp³-hybridized carbons (Fsp3) is 0.167. The van der Waals surface area contributed by atoms with E-state index in [0.29, 0.717) is 16.8 Å². The molecule has 0 saturated carbocycles. The van der Waals surface area contributed by atoms with Crippen LogP contribution in [-0.4, -0.2) is 14.5 Å². The number of rotatable bonds is 2. The lowest BCUT2D eigenvalue weighted by molar-refractivity contribution is 0.637. The molecule has 0 atom stereocenters. The highest BCUT2D eigenvalue weighted by Gasteiger charge is 2.09. The van der Waals surface area contributed by atoms with Crippen molar-refractivity contribution < 1.29 is 4.39 Å². The maximum atomic E-state index is 13.6. The Balaban J connectivity index is 2.14. The topological polar surface area (TPSA) is 33.6 Å². The second-order valence-electron chi connectivity index (χ2n) is 4.03. The Hall–Kier alpha value is -1.53. The number of fused-ring (bicyclic) bond motifs is 1. The number of thiazole rings is 1. The van der Waals surface area contributed by atoms with Crippen molar-refractivity contribution in [1.29, 1.82) is 0 Å². The highest BCUT2D eigenvalue weighted by Crippen LogP contribution is 2.19. The molecule has 1 N–H and O–H groups in total. The van der Waals surface area contributed by atoms with E-state index in [9.17, 15) is 4.39 Å². The van der Waals surface area contributed by atoms with Gasteiger partial charge in [0.2, 0.25) is 0 Å². The largest absolute Gasteiger partial charge is 0.328 e. The fourth-order valence-electron chi connectivity index (χ4n) is 1.91. The van der Waals surface area contributed by atoms with E-state index >= 15 is 0 Å². The Kier molecular flexibility index (Phi) is 2.76. The number of nitrogens with one attached hydrogen (secondary N) is 1. The van der Waals surface area contributed by atoms with E-state index in [1.54, 1.807) is 17.4 Å². The number of benzene rings is 1. The molecule has 0 aliphatic carbocycles. The maximum absolute atomic E-state index is 13.6. The molecule has 0 aliphatic rings. The van der Waals surface area contributed by atoms with E-state index in [1.807, 2.05) is 22.9 Å². The summed E-state index contributed by atoms with van der Waals surface area (Å²) < 4.78 is 16.0. The smallest absolute Gasteiger partial charge is 0.178 e. The Morgan fingerprint density at radius 3 is 3.06 bits per heavy atom. The SMILES string of the molecule is Cc1csc(Cn2c(=S)[nH]c3c(F)cccc32)n1. The number of aromatic nitrogens is 3. The van der Waals surface area contributed by atoms with Crippen LogP contribution in [0.5, 0.6) is 0 Å². The predicted octanol–water partition coefficient (Wildman–Crippen LogP) is 3.65. The van der Waals surface area contributed by atoms with Gasteiger partial charge in [0, 0.05) is 11.1 Å². The molecule has 3 rings (SSSR count). The van der Waals surface area contributed by atoms with Crippen LogP contribution in [-0.2, 0) is 6.54 Å². The lowest BCUT2D eigenvalue weighted by Gasteiger charge is -2.01. The van der Waals surface area contributed by atoms with Gasteiger partial charge in [-0.05, 0) is 31.3 Å². The van der Waals surface area contributed by atoms with Crippen LogP contribution in [0.1, 0.15) is 10.7 Å². The first kappa shape index (κ1) is 11.6. The average molecular weight is 279 g/mol. The van der Waals surface area contributed by atoms with E-state index in [-0.39, 0.29) is 5.82 Å². The number of para-hydroxylation sites is 1. The summed E-state index contributed by atoms with van der Waals surface area (Å²) in [4.78, 5) is 7.30. The van der Waals surface area contributed by atoms with Gasteiger partial charge in [-0.25, -0.2) is 9.37 Å². The summed E-state index contributed by atoms with van der Waals surface area (Å²) in [5, 5.41) is 2.96. The van der Waals surface area contributed by atoms with E-state index in [2.05, 4.69) is 9.97 Å². The summed E-state index contributed by atoms with van der Waals surface area (Å²) in [6.45, 7) is 2.52. The Bertz CT molecular complexity index is 769. The Labute approximate surface area is 112 Å². The van der Waals surface area contributed by atoms with Crippen molar-refractivity contribution in [2.75, 3.05) is 0 Å². The number of imidazole rings is 1. The van der Waals surface area contributed by atoms with Gasteiger partial charge >= 0.3 is 0 Å². The van der Waals surface area contributed by atoms with Crippen molar-refractivity contribution in [2.45, 2.75) is 13.5 Å². The zero-order valence-corrected chi connectivity index (χ0v) is 11.2. The summed E-state index contributed by atoms with van der Waals surface area (Å²) in [6.07, 6.45) is 0. The first-order valence-electron chi connectivity index (χ1n) is 5.43. The van der Waals surface area contributed by atoms with Gasteiger partial charge in [0.25, 0.3) is 0 Å². The van der Waals surface area contributed by atoms with Crippen LogP contribution in [0, 0.1) is 17.5 Å². The van der Waals surface area contributed by atoms with Gasteiger partial charge in [-0.1, -0.05) is 6.07 Å². The third kappa shape index (κ3) is 1.87. The molecule has 3 aromatic rings. The molecule has 3 nitrogen and oxygen atoms in total. The zero-order valence-electron chi connectivity index (χ0n) is 9.61. The zero-order chi connectivity index (χ0) is 12.7. The minimum absolute atomic E-state index is 0.285. The first-order chi connectivity index (χ1) is 8.65. The minimum atomic E-state index is -0.285. The minimum Gasteiger partial charge on any atom is -0.328 e. The maximum Gasteiger partial charge on any atom is 0.178 e. The van der Waals surface area contributed by atoms with Gasteiger partial charge in [-0.2, -0.15) is 0 Å². The Morgan fingerprint density at radius 1 is 1.50 bits per heavy atom. The monoisotopic (exact) mass is 279 g/mol. The third-order valence-electron chi connectivity index (χ3n) is 2.72. The lowest BCUT2D eigenvalue weighted by Crippen LogP contribution is -1.99. The summed E-state index contributed by atoms with van der Waals surface area (Å²) in [7, 11) is 0. The Morgan fingerprint density at radius 2 is 2.33 bits per heavy atom. The van der Waals surface area contributed by atoms with Gasteiger partial charge in [-0.15, -0.1) is 11.3 Å². The van der Waals surface area contributed by atoms with Gasteiger partial charge < -0.3 is 9.55 Å². The fourth-order valence-corrected chi connectivity index (χ4v) is 2.94. The third-order valence-corrected chi connectivity index (χ3v) is 3.99. The molecular formula is C12H10FN3S2. The van der Waals surface area contributed by atoms with Crippen molar-refractivity contribution >= 4 is 34.6 Å². The van der Waals surface area contributed by atoms with Crippen LogP contribution < -0.4 is 0 Å². The molecule has 2 aromatic heterocycles. The molecule has 0 bridgehead atoms. The van der Waals surface area contributed by atoms with Crippen molar-refractivity contribution in [3.63, 3.8) is 0 Å². The van der Waals surface area contributed by atoms with Crippen molar-refractivity contribution in [1.82, 2.24) is 14.5 Å². The lowest BCUT2D eigenvalue weighted by atomic mass is 10.3. The van der Waals surface area contributed by atoms with E-state index in [1.165, 1.54) is 6.07 Å². The molecule has 0 aliphatic heterocycles. The highest BCUT2D eigenvalue weighted by molar-refractivity contribution is 7.71. The second kappa shape index (κ2) is 4.29. The van der Waals surface area contributed by atoms with E-state index in [0.717, 1.165) is 16.2 Å². The van der Waals surface area contributed by atoms with Gasteiger partial charge in [0.05, 0.1) is 12.1 Å². The summed E-state index contributed by atoms with van der Waals surface area (Å²) in [5.74, 6) is -0.285. The number of aryl methyl sites for hydroxylation is 1. The molecule has 92 valence electrons. The molecule has 0 radical (unpaired) electrons. The molecular weight excluding hydrogens is 269 g/mol. The van der Waals surface area contributed by atoms with Crippen LogP contribution in [0.15, 0.2) is 23.6 Å². The van der Waals surface area contributed by atoms with Crippen LogP contribution in [0.2, 0.25) is 0 Å². The number of nitrogens with zero attached hydrogens (tertiary/aromatic N) is 2. The average Bonchev–Trinajstić information content (AvgIpc) is 2.87. The van der Waals surface area contributed by atoms with Crippen molar-refractivity contribution in [3.8, 4) is 0 Å². The number of H-pyrrole nitrogens is 1. The van der Waals surface area contributed by atoms with Gasteiger partial charge in [-0.3, -0.25) is 0 Å². The number of hydrogen-bond acceptors (Lipinski definition) is 3. The number of halogens is 1. The molecule has 1 aromatic carbocycles. The first-order valence-corrected chi connectivity index (χ1v) is 6.72. The summed E-state index contributed by atoms with van der Waals surface area (Å²) in [5.41, 5.74) is 2.22. The molecule has 18 heavy (non-hydrogen) atoms. The quantitative estimate of drug-likeness (QED) is 0.726. The molecule has 0 amide bonds. The van der Waals surface area contributed by atoms with Crippen LogP contribution in [0.4, 0.5) is 4.39 Å². The second-order valence-corrected chi connectivity index (χ2v) is 5.36. The standard InChI is InChI=1S/C12H10FN3S2/c1-7-6-18-10(14-7)5-16-9-4-2-3-8(13)11(9)15-12(16)17/h2-4,6H,5H2,1H3,(H,15,17). The number of hydrogen-bond donors (Lipinski definition) is 1. The molecule has 0 spiro atoms. The molecule has 6 heteroatoms. The van der Waals surface area contributed by atoms with Gasteiger partial charge in [0.15, 0.2) is 4.77 Å². The normalized spacial score (nSPS) is 11.2. The molecule has 0 saturated heterocycles. The van der Waals surface area contributed by atoms with Crippen LogP contribution in [0.3, 0.4) is 0 Å². The van der Waals surface area contributed by atoms with E-state index in [4.69, 9.17) is 12.2 Å². The van der Waals surface area contributed by atoms with Crippen molar-refractivity contribution in [3.05, 3.63) is 44.9 Å². The predicted molar refractivity (Wildman–Crippen MR) is 73.0 cm³/mol. The molecule has 0 unspecified atom stereocenters. The number of aromatic amines is 1. The summed E-state index contributed by atoms with van der Waals surface area (Å²) in [6, 6.07) is 4.96. The highest BCUT2D eigenvalue weighted by atomic mass is 32.1.